The van der Waals surface area contributed by atoms with Crippen LogP contribution in [0.15, 0.2) is 65.6 Å². The Kier molecular flexibility index (Phi) is 6.88. The Bertz CT molecular complexity index is 661. The smallest absolute Gasteiger partial charge is 0.303 e. The number of carboxylic acids is 1. The largest absolute Gasteiger partial charge is 0.481 e. The minimum absolute atomic E-state index is 0.0449. The Morgan fingerprint density at radius 1 is 1.04 bits per heavy atom. The first-order valence-corrected chi connectivity index (χ1v) is 8.73. The zero-order valence-corrected chi connectivity index (χ0v) is 14.3. The topological polar surface area (TPSA) is 66.4 Å². The third kappa shape index (κ3) is 5.74. The van der Waals surface area contributed by atoms with Gasteiger partial charge in [0.25, 0.3) is 0 Å². The van der Waals surface area contributed by atoms with E-state index in [0.717, 1.165) is 10.5 Å². The van der Waals surface area contributed by atoms with E-state index in [-0.39, 0.29) is 23.6 Å². The summed E-state index contributed by atoms with van der Waals surface area (Å²) < 4.78 is 0. The molecule has 24 heavy (non-hydrogen) atoms. The molecule has 2 aromatic carbocycles. The lowest BCUT2D eigenvalue weighted by Gasteiger charge is -2.20. The molecule has 2 aromatic rings. The number of amides is 1. The van der Waals surface area contributed by atoms with Crippen LogP contribution in [0.5, 0.6) is 0 Å². The maximum atomic E-state index is 12.7. The van der Waals surface area contributed by atoms with E-state index in [4.69, 9.17) is 5.11 Å². The number of aliphatic carboxylic acids is 1. The second kappa shape index (κ2) is 9.13. The highest BCUT2D eigenvalue weighted by atomic mass is 32.2. The van der Waals surface area contributed by atoms with Gasteiger partial charge in [-0.25, -0.2) is 0 Å². The zero-order valence-electron chi connectivity index (χ0n) is 13.5. The Morgan fingerprint density at radius 2 is 1.62 bits per heavy atom. The SMILES string of the molecule is CC(CCC(=O)O)NC(=O)C(Sc1ccccc1)c1ccccc1. The standard InChI is InChI=1S/C19H21NO3S/c1-14(12-13-17(21)22)20-19(23)18(15-8-4-2-5-9-15)24-16-10-6-3-7-11-16/h2-11,14,18H,12-13H2,1H3,(H,20,23)(H,21,22). The predicted molar refractivity (Wildman–Crippen MR) is 96.0 cm³/mol. The number of rotatable bonds is 8. The number of thioether (sulfide) groups is 1. The van der Waals surface area contributed by atoms with Crippen molar-refractivity contribution in [2.45, 2.75) is 36.0 Å². The fourth-order valence-corrected chi connectivity index (χ4v) is 3.32. The number of nitrogens with one attached hydrogen (secondary N) is 1. The highest BCUT2D eigenvalue weighted by molar-refractivity contribution is 8.00. The molecule has 0 bridgehead atoms. The van der Waals surface area contributed by atoms with Gasteiger partial charge in [0.15, 0.2) is 0 Å². The highest BCUT2D eigenvalue weighted by Crippen LogP contribution is 2.35. The van der Waals surface area contributed by atoms with Gasteiger partial charge >= 0.3 is 5.97 Å². The summed E-state index contributed by atoms with van der Waals surface area (Å²) in [6, 6.07) is 19.2. The Morgan fingerprint density at radius 3 is 2.21 bits per heavy atom. The number of hydrogen-bond donors (Lipinski definition) is 2. The second-order valence-electron chi connectivity index (χ2n) is 5.56. The molecule has 0 saturated heterocycles. The van der Waals surface area contributed by atoms with Gasteiger partial charge in [-0.2, -0.15) is 0 Å². The quantitative estimate of drug-likeness (QED) is 0.714. The lowest BCUT2D eigenvalue weighted by molar-refractivity contribution is -0.137. The molecule has 2 N–H and O–H groups in total. The molecular weight excluding hydrogens is 322 g/mol. The first kappa shape index (κ1) is 18.1. The van der Waals surface area contributed by atoms with Crippen LogP contribution in [0.25, 0.3) is 0 Å². The summed E-state index contributed by atoms with van der Waals surface area (Å²) in [6.07, 6.45) is 0.460. The van der Waals surface area contributed by atoms with Gasteiger partial charge in [0, 0.05) is 17.4 Å². The lowest BCUT2D eigenvalue weighted by atomic mass is 10.1. The van der Waals surface area contributed by atoms with Gasteiger partial charge < -0.3 is 10.4 Å². The molecule has 5 heteroatoms. The normalized spacial score (nSPS) is 13.0. The molecule has 2 atom stereocenters. The average Bonchev–Trinajstić information content (AvgIpc) is 2.59. The van der Waals surface area contributed by atoms with E-state index < -0.39 is 5.97 Å². The summed E-state index contributed by atoms with van der Waals surface area (Å²) in [6.45, 7) is 1.83. The van der Waals surface area contributed by atoms with Crippen LogP contribution >= 0.6 is 11.8 Å². The molecule has 4 nitrogen and oxygen atoms in total. The van der Waals surface area contributed by atoms with Crippen molar-refractivity contribution in [3.63, 3.8) is 0 Å². The van der Waals surface area contributed by atoms with Gasteiger partial charge in [-0.1, -0.05) is 48.5 Å². The van der Waals surface area contributed by atoms with Crippen molar-refractivity contribution in [1.82, 2.24) is 5.32 Å². The highest BCUT2D eigenvalue weighted by Gasteiger charge is 2.23. The molecule has 0 heterocycles. The van der Waals surface area contributed by atoms with Gasteiger partial charge in [-0.15, -0.1) is 11.8 Å². The fourth-order valence-electron chi connectivity index (χ4n) is 2.27. The first-order chi connectivity index (χ1) is 11.6. The minimum atomic E-state index is -0.852. The van der Waals surface area contributed by atoms with Crippen LogP contribution in [0.1, 0.15) is 30.6 Å². The van der Waals surface area contributed by atoms with E-state index in [9.17, 15) is 9.59 Å². The minimum Gasteiger partial charge on any atom is -0.481 e. The molecule has 1 amide bonds. The molecule has 0 aliphatic heterocycles. The third-order valence-electron chi connectivity index (χ3n) is 3.52. The zero-order chi connectivity index (χ0) is 17.4. The fraction of sp³-hybridized carbons (Fsp3) is 0.263. The molecular formula is C19H21NO3S. The monoisotopic (exact) mass is 343 g/mol. The van der Waals surface area contributed by atoms with Crippen molar-refractivity contribution in [1.29, 1.82) is 0 Å². The number of benzene rings is 2. The van der Waals surface area contributed by atoms with Crippen molar-refractivity contribution in [2.75, 3.05) is 0 Å². The van der Waals surface area contributed by atoms with Crippen LogP contribution < -0.4 is 5.32 Å². The molecule has 0 aromatic heterocycles. The van der Waals surface area contributed by atoms with Crippen LogP contribution in [-0.2, 0) is 9.59 Å². The lowest BCUT2D eigenvalue weighted by Crippen LogP contribution is -2.35. The van der Waals surface area contributed by atoms with Crippen LogP contribution in [0, 0.1) is 0 Å². The van der Waals surface area contributed by atoms with Crippen molar-refractivity contribution in [2.24, 2.45) is 0 Å². The number of carbonyl (C=O) groups excluding carboxylic acids is 1. The summed E-state index contributed by atoms with van der Waals surface area (Å²) in [5.41, 5.74) is 0.925. The molecule has 0 saturated carbocycles. The number of carboxylic acid groups (broad SMARTS) is 1. The van der Waals surface area contributed by atoms with Crippen LogP contribution in [-0.4, -0.2) is 23.0 Å². The molecule has 2 unspecified atom stereocenters. The first-order valence-electron chi connectivity index (χ1n) is 7.85. The molecule has 0 spiro atoms. The van der Waals surface area contributed by atoms with Gasteiger partial charge in [0.05, 0.1) is 0 Å². The van der Waals surface area contributed by atoms with Crippen molar-refractivity contribution >= 4 is 23.6 Å². The second-order valence-corrected chi connectivity index (χ2v) is 6.74. The van der Waals surface area contributed by atoms with E-state index in [2.05, 4.69) is 5.32 Å². The maximum absolute atomic E-state index is 12.7. The molecule has 0 aliphatic carbocycles. The van der Waals surface area contributed by atoms with Crippen molar-refractivity contribution in [3.05, 3.63) is 66.2 Å². The van der Waals surface area contributed by atoms with E-state index in [1.807, 2.05) is 67.6 Å². The summed E-state index contributed by atoms with van der Waals surface area (Å²) in [5.74, 6) is -0.956. The van der Waals surface area contributed by atoms with Crippen molar-refractivity contribution < 1.29 is 14.7 Å². The summed E-state index contributed by atoms with van der Waals surface area (Å²) in [4.78, 5) is 24.4. The van der Waals surface area contributed by atoms with Crippen LogP contribution in [0.2, 0.25) is 0 Å². The summed E-state index contributed by atoms with van der Waals surface area (Å²) in [5, 5.41) is 11.3. The van der Waals surface area contributed by atoms with Crippen LogP contribution in [0.4, 0.5) is 0 Å². The molecule has 0 aliphatic rings. The van der Waals surface area contributed by atoms with E-state index in [1.165, 1.54) is 11.8 Å². The van der Waals surface area contributed by atoms with Crippen LogP contribution in [0.3, 0.4) is 0 Å². The van der Waals surface area contributed by atoms with Gasteiger partial charge in [-0.3, -0.25) is 9.59 Å². The summed E-state index contributed by atoms with van der Waals surface area (Å²) in [7, 11) is 0. The average molecular weight is 343 g/mol. The third-order valence-corrected chi connectivity index (χ3v) is 4.78. The van der Waals surface area contributed by atoms with E-state index in [1.54, 1.807) is 0 Å². The number of carbonyl (C=O) groups is 2. The molecule has 2 rings (SSSR count). The van der Waals surface area contributed by atoms with E-state index in [0.29, 0.717) is 6.42 Å². The van der Waals surface area contributed by atoms with Gasteiger partial charge in [0.1, 0.15) is 5.25 Å². The Labute approximate surface area is 146 Å². The molecule has 0 radical (unpaired) electrons. The predicted octanol–water partition coefficient (Wildman–Crippen LogP) is 3.89. The van der Waals surface area contributed by atoms with Gasteiger partial charge in [0.2, 0.25) is 5.91 Å². The maximum Gasteiger partial charge on any atom is 0.303 e. The van der Waals surface area contributed by atoms with E-state index >= 15 is 0 Å². The Balaban J connectivity index is 2.10. The molecule has 126 valence electrons. The molecule has 0 fully saturated rings. The Hall–Kier alpha value is -2.27. The summed E-state index contributed by atoms with van der Waals surface area (Å²) >= 11 is 1.49. The van der Waals surface area contributed by atoms with Crippen molar-refractivity contribution in [3.8, 4) is 0 Å². The number of hydrogen-bond acceptors (Lipinski definition) is 3. The van der Waals surface area contributed by atoms with Gasteiger partial charge in [-0.05, 0) is 31.0 Å².